The third-order valence-corrected chi connectivity index (χ3v) is 4.01. The van der Waals surface area contributed by atoms with Crippen LogP contribution in [0.25, 0.3) is 6.08 Å². The zero-order valence-corrected chi connectivity index (χ0v) is 12.8. The van der Waals surface area contributed by atoms with Gasteiger partial charge in [0.25, 0.3) is 0 Å². The van der Waals surface area contributed by atoms with Gasteiger partial charge < -0.3 is 4.74 Å². The number of nitrogens with zero attached hydrogens (tertiary/aromatic N) is 1. The maximum absolute atomic E-state index is 12.2. The van der Waals surface area contributed by atoms with Crippen molar-refractivity contribution in [2.75, 3.05) is 19.7 Å². The Kier molecular flexibility index (Phi) is 6.84. The van der Waals surface area contributed by atoms with Crippen LogP contribution in [0.4, 0.5) is 0 Å². The van der Waals surface area contributed by atoms with E-state index in [0.29, 0.717) is 0 Å². The van der Waals surface area contributed by atoms with Crippen LogP contribution >= 0.6 is 0 Å². The highest BCUT2D eigenvalue weighted by molar-refractivity contribution is 7.92. The molecule has 0 saturated heterocycles. The van der Waals surface area contributed by atoms with Crippen LogP contribution in [0.1, 0.15) is 12.5 Å². The van der Waals surface area contributed by atoms with Crippen LogP contribution in [0.2, 0.25) is 0 Å². The maximum atomic E-state index is 12.2. The molecule has 5 nitrogen and oxygen atoms in total. The zero-order chi connectivity index (χ0) is 15.7. The summed E-state index contributed by atoms with van der Waals surface area (Å²) < 4.78 is 30.2. The van der Waals surface area contributed by atoms with Crippen molar-refractivity contribution in [3.8, 4) is 0 Å². The molecule has 0 aliphatic carbocycles. The molecule has 0 aliphatic heterocycles. The lowest BCUT2D eigenvalue weighted by molar-refractivity contribution is -0.143. The van der Waals surface area contributed by atoms with Gasteiger partial charge in [0, 0.05) is 12.0 Å². The largest absolute Gasteiger partial charge is 0.465 e. The van der Waals surface area contributed by atoms with E-state index in [-0.39, 0.29) is 19.7 Å². The van der Waals surface area contributed by atoms with Crippen molar-refractivity contribution in [2.45, 2.75) is 6.92 Å². The summed E-state index contributed by atoms with van der Waals surface area (Å²) in [5.41, 5.74) is 0.760. The molecule has 0 heterocycles. The molecular formula is C15H19NO4S. The third-order valence-electron chi connectivity index (χ3n) is 2.54. The van der Waals surface area contributed by atoms with Crippen LogP contribution in [0, 0.1) is 0 Å². The molecule has 0 atom stereocenters. The van der Waals surface area contributed by atoms with E-state index in [1.165, 1.54) is 12.2 Å². The highest BCUT2D eigenvalue weighted by atomic mass is 32.2. The van der Waals surface area contributed by atoms with E-state index in [9.17, 15) is 13.2 Å². The lowest BCUT2D eigenvalue weighted by Gasteiger charge is -2.17. The van der Waals surface area contributed by atoms with Crippen LogP contribution in [-0.2, 0) is 19.6 Å². The van der Waals surface area contributed by atoms with Gasteiger partial charge in [-0.15, -0.1) is 6.58 Å². The Labute approximate surface area is 125 Å². The summed E-state index contributed by atoms with van der Waals surface area (Å²) in [5.74, 6) is -0.587. The SMILES string of the molecule is C=CCN(CC(=O)OCC)S(=O)(=O)/C=C/c1ccccc1. The average Bonchev–Trinajstić information content (AvgIpc) is 2.46. The molecule has 114 valence electrons. The van der Waals surface area contributed by atoms with Gasteiger partial charge in [-0.3, -0.25) is 4.79 Å². The number of sulfonamides is 1. The van der Waals surface area contributed by atoms with Crippen LogP contribution in [-0.4, -0.2) is 38.4 Å². The topological polar surface area (TPSA) is 63.7 Å². The number of ether oxygens (including phenoxy) is 1. The van der Waals surface area contributed by atoms with Crippen LogP contribution in [0.15, 0.2) is 48.4 Å². The fourth-order valence-electron chi connectivity index (χ4n) is 1.57. The molecule has 0 unspecified atom stereocenters. The second kappa shape index (κ2) is 8.39. The molecule has 0 radical (unpaired) electrons. The van der Waals surface area contributed by atoms with E-state index in [1.807, 2.05) is 18.2 Å². The Hall–Kier alpha value is -1.92. The summed E-state index contributed by atoms with van der Waals surface area (Å²) in [4.78, 5) is 11.5. The van der Waals surface area contributed by atoms with Crippen LogP contribution in [0.5, 0.6) is 0 Å². The van der Waals surface area contributed by atoms with E-state index in [4.69, 9.17) is 4.74 Å². The smallest absolute Gasteiger partial charge is 0.321 e. The van der Waals surface area contributed by atoms with Gasteiger partial charge in [-0.25, -0.2) is 8.42 Å². The van der Waals surface area contributed by atoms with Crippen molar-refractivity contribution in [3.63, 3.8) is 0 Å². The minimum atomic E-state index is -3.72. The van der Waals surface area contributed by atoms with Gasteiger partial charge in [-0.2, -0.15) is 4.31 Å². The highest BCUT2D eigenvalue weighted by Gasteiger charge is 2.21. The first-order valence-electron chi connectivity index (χ1n) is 6.49. The number of benzene rings is 1. The first kappa shape index (κ1) is 17.1. The van der Waals surface area contributed by atoms with Gasteiger partial charge >= 0.3 is 5.97 Å². The molecule has 6 heteroatoms. The monoisotopic (exact) mass is 309 g/mol. The molecule has 0 aromatic heterocycles. The molecule has 1 aromatic rings. The quantitative estimate of drug-likeness (QED) is 0.544. The predicted molar refractivity (Wildman–Crippen MR) is 82.8 cm³/mol. The number of hydrogen-bond acceptors (Lipinski definition) is 4. The fraction of sp³-hybridized carbons (Fsp3) is 0.267. The second-order valence-electron chi connectivity index (χ2n) is 4.14. The molecule has 0 bridgehead atoms. The van der Waals surface area contributed by atoms with Crippen molar-refractivity contribution in [1.82, 2.24) is 4.31 Å². The number of hydrogen-bond donors (Lipinski definition) is 0. The molecule has 0 amide bonds. The van der Waals surface area contributed by atoms with Gasteiger partial charge in [-0.05, 0) is 18.6 Å². The summed E-state index contributed by atoms with van der Waals surface area (Å²) in [6.45, 7) is 5.09. The Morgan fingerprint density at radius 2 is 2.00 bits per heavy atom. The van der Waals surface area contributed by atoms with Gasteiger partial charge in [0.05, 0.1) is 6.61 Å². The van der Waals surface area contributed by atoms with Crippen LogP contribution < -0.4 is 0 Å². The van der Waals surface area contributed by atoms with Crippen molar-refractivity contribution in [3.05, 3.63) is 54.0 Å². The Bertz CT molecular complexity index is 593. The third kappa shape index (κ3) is 5.93. The normalized spacial score (nSPS) is 11.7. The van der Waals surface area contributed by atoms with Crippen molar-refractivity contribution >= 4 is 22.1 Å². The Morgan fingerprint density at radius 1 is 1.33 bits per heavy atom. The van der Waals surface area contributed by atoms with Crippen molar-refractivity contribution in [2.24, 2.45) is 0 Å². The molecule has 21 heavy (non-hydrogen) atoms. The zero-order valence-electron chi connectivity index (χ0n) is 11.9. The standard InChI is InChI=1S/C15H19NO4S/c1-3-11-16(13-15(17)20-4-2)21(18,19)12-10-14-8-6-5-7-9-14/h3,5-10,12H,1,4,11,13H2,2H3/b12-10+. The van der Waals surface area contributed by atoms with E-state index in [1.54, 1.807) is 19.1 Å². The van der Waals surface area contributed by atoms with Crippen molar-refractivity contribution < 1.29 is 17.9 Å². The first-order chi connectivity index (χ1) is 9.99. The molecule has 1 rings (SSSR count). The van der Waals surface area contributed by atoms with E-state index >= 15 is 0 Å². The molecule has 0 saturated carbocycles. The Balaban J connectivity index is 2.86. The number of esters is 1. The minimum absolute atomic E-state index is 0.0419. The molecule has 0 N–H and O–H groups in total. The number of carbonyl (C=O) groups is 1. The predicted octanol–water partition coefficient (Wildman–Crippen LogP) is 2.04. The van der Waals surface area contributed by atoms with Gasteiger partial charge in [0.1, 0.15) is 6.54 Å². The van der Waals surface area contributed by atoms with Gasteiger partial charge in [0.2, 0.25) is 10.0 Å². The molecule has 0 aliphatic rings. The van der Waals surface area contributed by atoms with E-state index in [2.05, 4.69) is 6.58 Å². The number of carbonyl (C=O) groups excluding carboxylic acids is 1. The summed E-state index contributed by atoms with van der Waals surface area (Å²) >= 11 is 0. The van der Waals surface area contributed by atoms with E-state index in [0.717, 1.165) is 15.3 Å². The maximum Gasteiger partial charge on any atom is 0.321 e. The van der Waals surface area contributed by atoms with E-state index < -0.39 is 16.0 Å². The molecule has 0 spiro atoms. The summed E-state index contributed by atoms with van der Waals surface area (Å²) in [6.07, 6.45) is 2.91. The lowest BCUT2D eigenvalue weighted by Crippen LogP contribution is -2.35. The lowest BCUT2D eigenvalue weighted by atomic mass is 10.2. The summed E-state index contributed by atoms with van der Waals surface area (Å²) in [7, 11) is -3.72. The summed E-state index contributed by atoms with van der Waals surface area (Å²) in [5, 5.41) is 1.07. The average molecular weight is 309 g/mol. The molecular weight excluding hydrogens is 290 g/mol. The van der Waals surface area contributed by atoms with Crippen molar-refractivity contribution in [1.29, 1.82) is 0 Å². The summed E-state index contributed by atoms with van der Waals surface area (Å²) in [6, 6.07) is 9.04. The first-order valence-corrected chi connectivity index (χ1v) is 7.99. The highest BCUT2D eigenvalue weighted by Crippen LogP contribution is 2.08. The fourth-order valence-corrected chi connectivity index (χ4v) is 2.67. The van der Waals surface area contributed by atoms with Gasteiger partial charge in [-0.1, -0.05) is 36.4 Å². The minimum Gasteiger partial charge on any atom is -0.465 e. The van der Waals surface area contributed by atoms with Gasteiger partial charge in [0.15, 0.2) is 0 Å². The number of rotatable bonds is 8. The molecule has 1 aromatic carbocycles. The van der Waals surface area contributed by atoms with Crippen LogP contribution in [0.3, 0.4) is 0 Å². The molecule has 0 fully saturated rings. The Morgan fingerprint density at radius 3 is 2.57 bits per heavy atom. The second-order valence-corrected chi connectivity index (χ2v) is 5.96.